The van der Waals surface area contributed by atoms with Crippen molar-refractivity contribution in [3.8, 4) is 6.07 Å². The van der Waals surface area contributed by atoms with Crippen LogP contribution < -0.4 is 5.73 Å². The van der Waals surface area contributed by atoms with E-state index in [9.17, 15) is 9.59 Å². The lowest BCUT2D eigenvalue weighted by Crippen LogP contribution is -2.46. The van der Waals surface area contributed by atoms with Gasteiger partial charge in [-0.15, -0.1) is 0 Å². The third-order valence-electron chi connectivity index (χ3n) is 2.37. The molecule has 0 bridgehead atoms. The van der Waals surface area contributed by atoms with Crippen molar-refractivity contribution in [2.45, 2.75) is 19.3 Å². The fourth-order valence-electron chi connectivity index (χ4n) is 1.61. The summed E-state index contributed by atoms with van der Waals surface area (Å²) in [7, 11) is 0. The number of nitrogens with zero attached hydrogens (tertiary/aromatic N) is 2. The van der Waals surface area contributed by atoms with Crippen LogP contribution in [0.3, 0.4) is 0 Å². The number of piperidine rings is 1. The summed E-state index contributed by atoms with van der Waals surface area (Å²) in [6, 6.07) is 1.97. The van der Waals surface area contributed by atoms with Gasteiger partial charge >= 0.3 is 0 Å². The maximum absolute atomic E-state index is 11.6. The lowest BCUT2D eigenvalue weighted by molar-refractivity contribution is -0.143. The van der Waals surface area contributed by atoms with Gasteiger partial charge in [0, 0.05) is 13.1 Å². The molecule has 0 saturated carbocycles. The SMILES string of the molecule is N#CCCN1CCC[C@H](C(N)=O)C1=O. The van der Waals surface area contributed by atoms with Gasteiger partial charge in [-0.3, -0.25) is 9.59 Å². The number of nitriles is 1. The van der Waals surface area contributed by atoms with Crippen LogP contribution >= 0.6 is 0 Å². The Morgan fingerprint density at radius 2 is 2.43 bits per heavy atom. The Morgan fingerprint density at radius 1 is 1.71 bits per heavy atom. The number of hydrogen-bond donors (Lipinski definition) is 1. The first kappa shape index (κ1) is 10.5. The Bertz CT molecular complexity index is 282. The molecular formula is C9H13N3O2. The largest absolute Gasteiger partial charge is 0.369 e. The fourth-order valence-corrected chi connectivity index (χ4v) is 1.61. The Labute approximate surface area is 82.5 Å². The number of carbonyl (C=O) groups is 2. The van der Waals surface area contributed by atoms with Crippen molar-refractivity contribution in [2.75, 3.05) is 13.1 Å². The Hall–Kier alpha value is -1.57. The topological polar surface area (TPSA) is 87.2 Å². The van der Waals surface area contributed by atoms with Crippen molar-refractivity contribution >= 4 is 11.8 Å². The summed E-state index contributed by atoms with van der Waals surface area (Å²) in [5.74, 6) is -1.46. The monoisotopic (exact) mass is 195 g/mol. The third-order valence-corrected chi connectivity index (χ3v) is 2.37. The maximum atomic E-state index is 11.6. The molecular weight excluding hydrogens is 182 g/mol. The second-order valence-corrected chi connectivity index (χ2v) is 3.33. The van der Waals surface area contributed by atoms with Crippen LogP contribution in [-0.4, -0.2) is 29.8 Å². The van der Waals surface area contributed by atoms with Crippen molar-refractivity contribution in [1.29, 1.82) is 5.26 Å². The smallest absolute Gasteiger partial charge is 0.235 e. The average molecular weight is 195 g/mol. The molecule has 1 atom stereocenters. The van der Waals surface area contributed by atoms with Crippen molar-refractivity contribution in [1.82, 2.24) is 4.90 Å². The lowest BCUT2D eigenvalue weighted by Gasteiger charge is -2.30. The standard InChI is InChI=1S/C9H13N3O2/c10-4-2-6-12-5-1-3-7(8(11)13)9(12)14/h7H,1-3,5-6H2,(H2,11,13)/t7-/m1/s1. The molecule has 1 fully saturated rings. The first-order valence-electron chi connectivity index (χ1n) is 4.62. The number of nitrogens with two attached hydrogens (primary N) is 1. The molecule has 0 aromatic carbocycles. The number of hydrogen-bond acceptors (Lipinski definition) is 3. The number of likely N-dealkylation sites (tertiary alicyclic amines) is 1. The highest BCUT2D eigenvalue weighted by Gasteiger charge is 2.32. The highest BCUT2D eigenvalue weighted by Crippen LogP contribution is 2.17. The van der Waals surface area contributed by atoms with Crippen molar-refractivity contribution in [2.24, 2.45) is 11.7 Å². The number of amides is 2. The molecule has 1 saturated heterocycles. The minimum Gasteiger partial charge on any atom is -0.369 e. The highest BCUT2D eigenvalue weighted by atomic mass is 16.2. The molecule has 1 rings (SSSR count). The van der Waals surface area contributed by atoms with Crippen LogP contribution in [0.4, 0.5) is 0 Å². The maximum Gasteiger partial charge on any atom is 0.235 e. The van der Waals surface area contributed by atoms with Crippen LogP contribution in [0.5, 0.6) is 0 Å². The van der Waals surface area contributed by atoms with Crippen molar-refractivity contribution in [3.05, 3.63) is 0 Å². The van der Waals surface area contributed by atoms with E-state index in [2.05, 4.69) is 0 Å². The molecule has 76 valence electrons. The van der Waals surface area contributed by atoms with Crippen LogP contribution in [0.25, 0.3) is 0 Å². The van der Waals surface area contributed by atoms with Crippen molar-refractivity contribution < 1.29 is 9.59 Å². The van der Waals surface area contributed by atoms with Gasteiger partial charge in [-0.1, -0.05) is 0 Å². The van der Waals surface area contributed by atoms with E-state index in [1.807, 2.05) is 6.07 Å². The summed E-state index contributed by atoms with van der Waals surface area (Å²) in [6.07, 6.45) is 1.62. The van der Waals surface area contributed by atoms with Crippen LogP contribution in [0, 0.1) is 17.2 Å². The minimum atomic E-state index is -0.678. The lowest BCUT2D eigenvalue weighted by atomic mass is 9.96. The second-order valence-electron chi connectivity index (χ2n) is 3.33. The second kappa shape index (κ2) is 4.61. The normalized spacial score (nSPS) is 21.8. The summed E-state index contributed by atoms with van der Waals surface area (Å²) in [4.78, 5) is 24.0. The number of primary amides is 1. The summed E-state index contributed by atoms with van der Waals surface area (Å²) in [5, 5.41) is 8.38. The molecule has 2 amide bonds. The zero-order valence-electron chi connectivity index (χ0n) is 7.90. The van der Waals surface area contributed by atoms with Gasteiger partial charge in [0.25, 0.3) is 0 Å². The first-order valence-corrected chi connectivity index (χ1v) is 4.62. The zero-order chi connectivity index (χ0) is 10.6. The fraction of sp³-hybridized carbons (Fsp3) is 0.667. The van der Waals surface area contributed by atoms with Gasteiger partial charge in [0.15, 0.2) is 0 Å². The van der Waals surface area contributed by atoms with E-state index in [4.69, 9.17) is 11.0 Å². The molecule has 0 spiro atoms. The van der Waals surface area contributed by atoms with Gasteiger partial charge in [0.05, 0.1) is 12.5 Å². The number of rotatable bonds is 3. The summed E-state index contributed by atoms with van der Waals surface area (Å²) >= 11 is 0. The van der Waals surface area contributed by atoms with Gasteiger partial charge in [0.2, 0.25) is 11.8 Å². The molecule has 1 aliphatic heterocycles. The van der Waals surface area contributed by atoms with E-state index < -0.39 is 11.8 Å². The molecule has 5 nitrogen and oxygen atoms in total. The molecule has 0 aromatic heterocycles. The molecule has 14 heavy (non-hydrogen) atoms. The predicted octanol–water partition coefficient (Wildman–Crippen LogP) is -0.376. The molecule has 1 heterocycles. The van der Waals surface area contributed by atoms with E-state index in [0.717, 1.165) is 6.42 Å². The molecule has 1 aliphatic rings. The Balaban J connectivity index is 2.58. The Morgan fingerprint density at radius 3 is 3.00 bits per heavy atom. The van der Waals surface area contributed by atoms with Gasteiger partial charge in [0.1, 0.15) is 5.92 Å². The number of carbonyl (C=O) groups excluding carboxylic acids is 2. The average Bonchev–Trinajstić information content (AvgIpc) is 2.16. The predicted molar refractivity (Wildman–Crippen MR) is 48.7 cm³/mol. The minimum absolute atomic E-state index is 0.223. The van der Waals surface area contributed by atoms with Crippen LogP contribution in [0.2, 0.25) is 0 Å². The highest BCUT2D eigenvalue weighted by molar-refractivity contribution is 5.99. The molecule has 2 N–H and O–H groups in total. The molecule has 0 unspecified atom stereocenters. The van der Waals surface area contributed by atoms with Gasteiger partial charge in [-0.05, 0) is 12.8 Å². The first-order chi connectivity index (χ1) is 6.66. The molecule has 0 aromatic rings. The van der Waals surface area contributed by atoms with E-state index in [1.54, 1.807) is 4.90 Å². The zero-order valence-corrected chi connectivity index (χ0v) is 7.90. The van der Waals surface area contributed by atoms with Gasteiger partial charge < -0.3 is 10.6 Å². The van der Waals surface area contributed by atoms with E-state index in [-0.39, 0.29) is 5.91 Å². The molecule has 0 aliphatic carbocycles. The molecule has 0 radical (unpaired) electrons. The molecule has 5 heteroatoms. The quantitative estimate of drug-likeness (QED) is 0.623. The van der Waals surface area contributed by atoms with Crippen LogP contribution in [0.1, 0.15) is 19.3 Å². The van der Waals surface area contributed by atoms with Crippen LogP contribution in [0.15, 0.2) is 0 Å². The van der Waals surface area contributed by atoms with Crippen molar-refractivity contribution in [3.63, 3.8) is 0 Å². The Kier molecular flexibility index (Phi) is 3.46. The van der Waals surface area contributed by atoms with E-state index >= 15 is 0 Å². The van der Waals surface area contributed by atoms with Crippen LogP contribution in [-0.2, 0) is 9.59 Å². The van der Waals surface area contributed by atoms with E-state index in [1.165, 1.54) is 0 Å². The van der Waals surface area contributed by atoms with E-state index in [0.29, 0.717) is 25.9 Å². The van der Waals surface area contributed by atoms with Gasteiger partial charge in [-0.25, -0.2) is 0 Å². The summed E-state index contributed by atoms with van der Waals surface area (Å²) in [6.45, 7) is 1.03. The third kappa shape index (κ3) is 2.22. The summed E-state index contributed by atoms with van der Waals surface area (Å²) < 4.78 is 0. The summed E-state index contributed by atoms with van der Waals surface area (Å²) in [5.41, 5.74) is 5.10. The van der Waals surface area contributed by atoms with Gasteiger partial charge in [-0.2, -0.15) is 5.26 Å².